The van der Waals surface area contributed by atoms with Crippen molar-refractivity contribution in [2.24, 2.45) is 5.41 Å². The molecule has 13 atom stereocenters. The lowest BCUT2D eigenvalue weighted by Crippen LogP contribution is -2.48. The zero-order valence-corrected chi connectivity index (χ0v) is 93.7. The molecule has 15 aromatic rings. The fraction of sp³-hybridized carbons (Fsp3) is 0.381. The minimum Gasteiger partial charge on any atom is -0.357 e. The van der Waals surface area contributed by atoms with Gasteiger partial charge < -0.3 is 24.9 Å². The van der Waals surface area contributed by atoms with E-state index in [1.807, 2.05) is 150 Å². The molecule has 5 aliphatic heterocycles. The average Bonchev–Trinajstić information content (AvgIpc) is 1.57. The molecule has 764 valence electrons. The van der Waals surface area contributed by atoms with Crippen molar-refractivity contribution in [3.05, 3.63) is 347 Å². The lowest BCUT2D eigenvalue weighted by atomic mass is 9.83. The van der Waals surface area contributed by atoms with Gasteiger partial charge in [0.15, 0.2) is 5.13 Å². The average molecular weight is 2400 g/mol. The predicted octanol–water partition coefficient (Wildman–Crippen LogP) is 34.5. The van der Waals surface area contributed by atoms with Crippen molar-refractivity contribution >= 4 is 192 Å². The van der Waals surface area contributed by atoms with Crippen molar-refractivity contribution in [3.63, 3.8) is 0 Å². The van der Waals surface area contributed by atoms with Gasteiger partial charge in [-0.05, 0) is 230 Å². The number of H-pyrrole nitrogens is 5. The van der Waals surface area contributed by atoms with E-state index in [-0.39, 0.29) is 81.8 Å². The molecule has 13 unspecified atom stereocenters. The molecular formula is C113H115Br5Cl5F11N10. The first-order valence-electron chi connectivity index (χ1n) is 48.8. The lowest BCUT2D eigenvalue weighted by Gasteiger charge is -2.44. The highest BCUT2D eigenvalue weighted by molar-refractivity contribution is 9.11. The predicted molar refractivity (Wildman–Crippen MR) is 584 cm³/mol. The second-order valence-corrected chi connectivity index (χ2v) is 48.5. The number of hydrogen-bond acceptors (Lipinski definition) is 5. The Morgan fingerprint density at radius 2 is 0.535 bits per heavy atom. The molecule has 0 radical (unpaired) electrons. The topological polar surface area (TPSA) is 95.2 Å². The highest BCUT2D eigenvalue weighted by Crippen LogP contribution is 2.53. The summed E-state index contributed by atoms with van der Waals surface area (Å²) in [5, 5.41) is 3.40. The lowest BCUT2D eigenvalue weighted by molar-refractivity contribution is 0.0842. The number of para-hydroxylation sites is 5. The monoisotopic (exact) mass is 2390 g/mol. The minimum absolute atomic E-state index is 0.00224. The summed E-state index contributed by atoms with van der Waals surface area (Å²) >= 11 is 48.2. The van der Waals surface area contributed by atoms with Gasteiger partial charge >= 0.3 is 0 Å². The molecule has 10 nitrogen and oxygen atoms in total. The SMILES string of the molecule is CCC(C)(C)CN1C(C)Cc2c([nH]c3ccccc23)C1c1c(F)cc(Br)cc1F.CCC(C)(Cl)CN1C(C)Cc2c([nH]c3ccccc23)C1c1c(F)cc(Br)cc1F.CCC(Cl)(Cl)CN1C(C)Cc2c([nH]c3ccccc23)C1c1c(F)cc(Br)cc1F.CCC(Cl)CN1C(C)Cc2c([nH]c3ccccc23)C1c1c(F)cc(Br)cc1F.CCC(F)(Cl)CN1C(C)Cc2c([nH]c3ccccc23)C1c1c(F)cc(Br)cc1F. The van der Waals surface area contributed by atoms with Crippen LogP contribution in [-0.4, -0.2) is 132 Å². The highest BCUT2D eigenvalue weighted by atomic mass is 79.9. The third kappa shape index (κ3) is 22.7. The molecule has 0 saturated carbocycles. The highest BCUT2D eigenvalue weighted by Gasteiger charge is 2.49. The van der Waals surface area contributed by atoms with Crippen LogP contribution in [0.3, 0.4) is 0 Å². The van der Waals surface area contributed by atoms with Crippen molar-refractivity contribution in [1.82, 2.24) is 49.4 Å². The number of hydrogen-bond donors (Lipinski definition) is 5. The van der Waals surface area contributed by atoms with E-state index in [0.29, 0.717) is 60.5 Å². The van der Waals surface area contributed by atoms with Gasteiger partial charge in [0.25, 0.3) is 0 Å². The molecule has 0 spiro atoms. The molecular weight excluding hydrogens is 2280 g/mol. The second kappa shape index (κ2) is 44.7. The first-order chi connectivity index (χ1) is 68.3. The van der Waals surface area contributed by atoms with Crippen LogP contribution in [0.25, 0.3) is 54.5 Å². The van der Waals surface area contributed by atoms with Gasteiger partial charge in [0.05, 0.1) is 35.1 Å². The molecule has 144 heavy (non-hydrogen) atoms. The Morgan fingerprint density at radius 3 is 0.764 bits per heavy atom. The van der Waals surface area contributed by atoms with Crippen molar-refractivity contribution in [1.29, 1.82) is 0 Å². The summed E-state index contributed by atoms with van der Waals surface area (Å²) in [6.07, 6.45) is 7.00. The molecule has 10 heterocycles. The number of fused-ring (bicyclic) bond motifs is 15. The summed E-state index contributed by atoms with van der Waals surface area (Å²) in [6, 6.07) is 50.1. The Balaban J connectivity index is 0.000000129. The number of aromatic nitrogens is 5. The molecule has 20 rings (SSSR count). The standard InChI is InChI=1S/C24H27BrF2N2.C23H24BrClF2N2.C22H21BrCl2F2N2.C22H21BrClF3N2.C22H22BrClF2N2/c1-5-24(3,4)13-29-14(2)10-17-16-8-6-7-9-20(16)28-22(17)23(29)21-18(26)11-15(25)12-19(21)27;1-4-23(3,25)12-29-13(2)9-16-15-7-5-6-8-19(15)28-21(16)22(29)20-17(26)10-14(24)11-18(20)27;1-3-22(24,25)11-29-12(2)8-15-14-6-4-5-7-18(14)28-20(15)21(29)19-16(26)9-13(23)10-17(19)27;1-3-22(24,27)11-29-12(2)8-15-14-6-4-5-7-18(14)28-20(15)21(29)19-16(25)9-13(23)10-17(19)26;1-3-14(24)11-28-12(2)8-16-15-6-4-5-7-19(15)27-21(16)22(28)20-17(25)9-13(23)10-18(20)26/h6-9,11-12,14,23,28H,5,10,13H2,1-4H3;5-8,10-11,13,22,28H,4,9,12H2,1-3H3;2*4-7,9-10,12,21,28H,3,8,11H2,1-2H3;4-7,9-10,12,14,22,27H,3,8,11H2,1-2H3. The maximum Gasteiger partial charge on any atom is 0.195 e. The molecule has 5 aliphatic rings. The molecule has 0 bridgehead atoms. The number of halogens is 21. The third-order valence-electron chi connectivity index (χ3n) is 29.7. The van der Waals surface area contributed by atoms with E-state index >= 15 is 43.9 Å². The number of rotatable bonds is 20. The number of aromatic amines is 5. The van der Waals surface area contributed by atoms with E-state index in [0.717, 1.165) is 151 Å². The Bertz CT molecular complexity index is 6430. The third-order valence-corrected chi connectivity index (χ3v) is 34.0. The van der Waals surface area contributed by atoms with Crippen LogP contribution >= 0.6 is 138 Å². The van der Waals surface area contributed by atoms with Crippen LogP contribution in [0.5, 0.6) is 0 Å². The van der Waals surface area contributed by atoms with Crippen LogP contribution in [0.4, 0.5) is 48.3 Å². The van der Waals surface area contributed by atoms with Gasteiger partial charge in [0.2, 0.25) is 0 Å². The van der Waals surface area contributed by atoms with E-state index in [4.69, 9.17) is 58.0 Å². The van der Waals surface area contributed by atoms with Gasteiger partial charge in [-0.1, -0.05) is 231 Å². The molecule has 10 aromatic carbocycles. The summed E-state index contributed by atoms with van der Waals surface area (Å²) in [5.41, 5.74) is 14.7. The van der Waals surface area contributed by atoms with Crippen LogP contribution in [0.2, 0.25) is 0 Å². The molecule has 5 aromatic heterocycles. The zero-order chi connectivity index (χ0) is 104. The van der Waals surface area contributed by atoms with E-state index < -0.39 is 103 Å². The summed E-state index contributed by atoms with van der Waals surface area (Å²) in [6.45, 7) is 28.6. The van der Waals surface area contributed by atoms with Crippen LogP contribution in [0, 0.1) is 63.6 Å². The number of nitrogens with zero attached hydrogens (tertiary/aromatic N) is 5. The molecule has 0 fully saturated rings. The van der Waals surface area contributed by atoms with Crippen molar-refractivity contribution < 1.29 is 48.3 Å². The quantitative estimate of drug-likeness (QED) is 0.0387. The minimum atomic E-state index is -1.99. The van der Waals surface area contributed by atoms with Crippen molar-refractivity contribution in [2.45, 2.75) is 234 Å². The van der Waals surface area contributed by atoms with Crippen LogP contribution < -0.4 is 0 Å². The maximum absolute atomic E-state index is 15.1. The number of alkyl halides is 6. The van der Waals surface area contributed by atoms with Crippen LogP contribution in [-0.2, 0) is 32.1 Å². The van der Waals surface area contributed by atoms with Crippen LogP contribution in [0.1, 0.15) is 236 Å². The normalized spacial score (nSPS) is 21.1. The molecule has 0 saturated heterocycles. The van der Waals surface area contributed by atoms with Gasteiger partial charge in [-0.2, -0.15) is 0 Å². The Morgan fingerprint density at radius 1 is 0.312 bits per heavy atom. The summed E-state index contributed by atoms with van der Waals surface area (Å²) in [4.78, 5) is 27.0. The molecule has 5 N–H and O–H groups in total. The first-order valence-corrected chi connectivity index (χ1v) is 54.7. The van der Waals surface area contributed by atoms with E-state index in [1.165, 1.54) is 66.2 Å². The van der Waals surface area contributed by atoms with Gasteiger partial charge in [-0.25, -0.2) is 48.3 Å². The zero-order valence-electron chi connectivity index (χ0n) is 82.0. The maximum atomic E-state index is 15.1. The van der Waals surface area contributed by atoms with Crippen molar-refractivity contribution in [3.8, 4) is 0 Å². The van der Waals surface area contributed by atoms with Crippen molar-refractivity contribution in [2.75, 3.05) is 32.7 Å². The Labute approximate surface area is 901 Å². The summed E-state index contributed by atoms with van der Waals surface area (Å²) < 4.78 is 166. The van der Waals surface area contributed by atoms with Gasteiger partial charge in [0, 0.05) is 201 Å². The molecule has 0 amide bonds. The fourth-order valence-corrected chi connectivity index (χ4v) is 24.4. The van der Waals surface area contributed by atoms with Crippen LogP contribution in [0.15, 0.2) is 204 Å². The second-order valence-electron chi connectivity index (χ2n) is 40.1. The molecule has 0 aliphatic carbocycles. The number of nitrogens with one attached hydrogen (secondary N) is 5. The summed E-state index contributed by atoms with van der Waals surface area (Å²) in [5.74, 6) is -5.81. The fourth-order valence-electron chi connectivity index (χ4n) is 21.6. The van der Waals surface area contributed by atoms with E-state index in [9.17, 15) is 4.39 Å². The van der Waals surface area contributed by atoms with E-state index in [1.54, 1.807) is 11.8 Å². The van der Waals surface area contributed by atoms with Gasteiger partial charge in [0.1, 0.15) is 62.5 Å². The van der Waals surface area contributed by atoms with Gasteiger partial charge in [-0.3, -0.25) is 24.5 Å². The largest absolute Gasteiger partial charge is 0.357 e. The van der Waals surface area contributed by atoms with E-state index in [2.05, 4.69) is 179 Å². The summed E-state index contributed by atoms with van der Waals surface area (Å²) in [7, 11) is 0. The molecule has 31 heteroatoms. The number of benzene rings is 10. The Kier molecular flexibility index (Phi) is 34.0. The smallest absolute Gasteiger partial charge is 0.195 e. The van der Waals surface area contributed by atoms with Gasteiger partial charge in [-0.15, -0.1) is 46.4 Å². The first kappa shape index (κ1) is 109. The Hall–Kier alpha value is -7.22.